The maximum absolute atomic E-state index is 13.4. The summed E-state index contributed by atoms with van der Waals surface area (Å²) in [5.41, 5.74) is 3.95. The number of anilines is 1. The number of benzene rings is 1. The van der Waals surface area contributed by atoms with Crippen LogP contribution in [0.1, 0.15) is 51.5 Å². The van der Waals surface area contributed by atoms with E-state index in [4.69, 9.17) is 9.26 Å². The number of nitrogens with zero attached hydrogens (tertiary/aromatic N) is 4. The summed E-state index contributed by atoms with van der Waals surface area (Å²) < 4.78 is 13.0. The van der Waals surface area contributed by atoms with E-state index in [2.05, 4.69) is 15.6 Å². The van der Waals surface area contributed by atoms with Crippen molar-refractivity contribution in [1.82, 2.24) is 19.8 Å². The van der Waals surface area contributed by atoms with Gasteiger partial charge in [0.05, 0.1) is 12.1 Å². The number of fused-ring (bicyclic) bond motifs is 1. The van der Waals surface area contributed by atoms with Crippen LogP contribution in [0.5, 0.6) is 5.75 Å². The molecule has 1 saturated carbocycles. The van der Waals surface area contributed by atoms with Crippen molar-refractivity contribution in [3.05, 3.63) is 58.1 Å². The molecule has 2 aromatic heterocycles. The lowest BCUT2D eigenvalue weighted by Crippen LogP contribution is -2.37. The molecule has 2 amide bonds. The number of amides is 2. The zero-order valence-electron chi connectivity index (χ0n) is 19.1. The number of aryl methyl sites for hydroxylation is 3. The number of carbonyl (C=O) groups is 2. The Hall–Kier alpha value is -3.62. The van der Waals surface area contributed by atoms with Crippen molar-refractivity contribution >= 4 is 17.6 Å². The van der Waals surface area contributed by atoms with Crippen LogP contribution in [0.15, 0.2) is 28.8 Å². The molecule has 9 nitrogen and oxygen atoms in total. The Balaban J connectivity index is 1.33. The quantitative estimate of drug-likeness (QED) is 0.620. The van der Waals surface area contributed by atoms with E-state index in [1.807, 2.05) is 38.2 Å². The highest BCUT2D eigenvalue weighted by atomic mass is 16.5. The Kier molecular flexibility index (Phi) is 5.39. The molecule has 1 fully saturated rings. The van der Waals surface area contributed by atoms with Gasteiger partial charge in [0.15, 0.2) is 11.5 Å². The van der Waals surface area contributed by atoms with E-state index in [-0.39, 0.29) is 30.0 Å². The number of nitrogens with one attached hydrogen (secondary N) is 1. The first-order valence-electron chi connectivity index (χ1n) is 11.2. The Labute approximate surface area is 191 Å². The third-order valence-electron chi connectivity index (χ3n) is 6.31. The predicted molar refractivity (Wildman–Crippen MR) is 120 cm³/mol. The Bertz CT molecular complexity index is 1210. The van der Waals surface area contributed by atoms with Gasteiger partial charge < -0.3 is 19.5 Å². The molecule has 0 bridgehead atoms. The molecule has 1 aromatic carbocycles. The van der Waals surface area contributed by atoms with Crippen LogP contribution in [-0.2, 0) is 31.4 Å². The van der Waals surface area contributed by atoms with Gasteiger partial charge in [0.2, 0.25) is 5.91 Å². The van der Waals surface area contributed by atoms with Crippen molar-refractivity contribution < 1.29 is 18.8 Å². The third-order valence-corrected chi connectivity index (χ3v) is 6.31. The molecule has 2 aliphatic rings. The first kappa shape index (κ1) is 21.2. The normalized spacial score (nSPS) is 15.3. The molecule has 1 aliphatic carbocycles. The minimum absolute atomic E-state index is 0.00187. The topological polar surface area (TPSA) is 102 Å². The first-order valence-corrected chi connectivity index (χ1v) is 11.2. The predicted octanol–water partition coefficient (Wildman–Crippen LogP) is 3.15. The highest BCUT2D eigenvalue weighted by molar-refractivity contribution is 5.95. The van der Waals surface area contributed by atoms with Crippen LogP contribution in [0, 0.1) is 19.8 Å². The Morgan fingerprint density at radius 3 is 2.70 bits per heavy atom. The molecule has 3 heterocycles. The Morgan fingerprint density at radius 2 is 1.97 bits per heavy atom. The van der Waals surface area contributed by atoms with Gasteiger partial charge in [-0.15, -0.1) is 0 Å². The molecule has 0 radical (unpaired) electrons. The molecule has 3 aromatic rings. The van der Waals surface area contributed by atoms with Gasteiger partial charge in [0.1, 0.15) is 18.1 Å². The summed E-state index contributed by atoms with van der Waals surface area (Å²) in [5.74, 6) is 1.68. The summed E-state index contributed by atoms with van der Waals surface area (Å²) in [6.07, 6.45) is 2.49. The van der Waals surface area contributed by atoms with Gasteiger partial charge in [-0.05, 0) is 38.8 Å². The number of ether oxygens (including phenoxy) is 1. The van der Waals surface area contributed by atoms with E-state index >= 15 is 0 Å². The molecule has 1 N–H and O–H groups in total. The van der Waals surface area contributed by atoms with Crippen LogP contribution in [0.2, 0.25) is 0 Å². The summed E-state index contributed by atoms with van der Waals surface area (Å²) in [6.45, 7) is 4.87. The standard InChI is InChI=1S/C24H27N5O4/c1-14-4-8-17(9-5-14)32-13-19-15(2)33-27-21(19)24(31)29-11-10-20-18(12-29)22(26-28(20)3)25-23(30)16-6-7-16/h4-5,8-9,16H,6-7,10-13H2,1-3H3,(H,25,26,30). The summed E-state index contributed by atoms with van der Waals surface area (Å²) in [7, 11) is 1.87. The zero-order valence-corrected chi connectivity index (χ0v) is 19.1. The van der Waals surface area contributed by atoms with Crippen molar-refractivity contribution in [3.63, 3.8) is 0 Å². The van der Waals surface area contributed by atoms with E-state index in [0.29, 0.717) is 42.4 Å². The van der Waals surface area contributed by atoms with E-state index in [1.165, 1.54) is 0 Å². The largest absolute Gasteiger partial charge is 0.489 e. The molecule has 0 unspecified atom stereocenters. The summed E-state index contributed by atoms with van der Waals surface area (Å²) in [4.78, 5) is 27.4. The number of hydrogen-bond acceptors (Lipinski definition) is 6. The molecule has 1 aliphatic heterocycles. The van der Waals surface area contributed by atoms with Crippen molar-refractivity contribution in [1.29, 1.82) is 0 Å². The second-order valence-electron chi connectivity index (χ2n) is 8.81. The van der Waals surface area contributed by atoms with Crippen LogP contribution in [0.4, 0.5) is 5.82 Å². The van der Waals surface area contributed by atoms with Crippen LogP contribution < -0.4 is 10.1 Å². The number of hydrogen-bond donors (Lipinski definition) is 1. The smallest absolute Gasteiger partial charge is 0.276 e. The fraction of sp³-hybridized carbons (Fsp3) is 0.417. The second kappa shape index (κ2) is 8.38. The fourth-order valence-electron chi connectivity index (χ4n) is 4.10. The maximum atomic E-state index is 13.4. The van der Waals surface area contributed by atoms with Crippen molar-refractivity contribution in [2.45, 2.75) is 46.3 Å². The summed E-state index contributed by atoms with van der Waals surface area (Å²) in [6, 6.07) is 7.73. The SMILES string of the molecule is Cc1ccc(OCc2c(C(=O)N3CCc4c(c(NC(=O)C5CC5)nn4C)C3)noc2C)cc1. The van der Waals surface area contributed by atoms with E-state index in [9.17, 15) is 9.59 Å². The van der Waals surface area contributed by atoms with Gasteiger partial charge in [-0.2, -0.15) is 5.10 Å². The zero-order chi connectivity index (χ0) is 23.1. The Morgan fingerprint density at radius 1 is 1.21 bits per heavy atom. The lowest BCUT2D eigenvalue weighted by Gasteiger charge is -2.27. The molecule has 9 heteroatoms. The van der Waals surface area contributed by atoms with Crippen LogP contribution in [-0.4, -0.2) is 38.2 Å². The lowest BCUT2D eigenvalue weighted by molar-refractivity contribution is -0.117. The molecular weight excluding hydrogens is 422 g/mol. The average molecular weight is 450 g/mol. The fourth-order valence-corrected chi connectivity index (χ4v) is 4.10. The van der Waals surface area contributed by atoms with E-state index in [1.54, 1.807) is 16.5 Å². The van der Waals surface area contributed by atoms with Gasteiger partial charge in [-0.25, -0.2) is 0 Å². The minimum atomic E-state index is -0.219. The van der Waals surface area contributed by atoms with Crippen LogP contribution >= 0.6 is 0 Å². The van der Waals surface area contributed by atoms with Crippen molar-refractivity contribution in [2.24, 2.45) is 13.0 Å². The molecular formula is C24H27N5O4. The summed E-state index contributed by atoms with van der Waals surface area (Å²) in [5, 5.41) is 11.5. The van der Waals surface area contributed by atoms with Gasteiger partial charge in [-0.1, -0.05) is 22.9 Å². The third kappa shape index (κ3) is 4.22. The summed E-state index contributed by atoms with van der Waals surface area (Å²) >= 11 is 0. The maximum Gasteiger partial charge on any atom is 0.276 e. The average Bonchev–Trinajstić information content (AvgIpc) is 3.54. The number of aromatic nitrogens is 3. The van der Waals surface area contributed by atoms with Gasteiger partial charge in [0, 0.05) is 37.2 Å². The highest BCUT2D eigenvalue weighted by Gasteiger charge is 2.34. The van der Waals surface area contributed by atoms with Gasteiger partial charge in [-0.3, -0.25) is 14.3 Å². The second-order valence-corrected chi connectivity index (χ2v) is 8.81. The molecule has 0 spiro atoms. The van der Waals surface area contributed by atoms with E-state index in [0.717, 1.165) is 29.7 Å². The van der Waals surface area contributed by atoms with Crippen LogP contribution in [0.25, 0.3) is 0 Å². The lowest BCUT2D eigenvalue weighted by atomic mass is 10.1. The molecule has 33 heavy (non-hydrogen) atoms. The molecule has 172 valence electrons. The van der Waals surface area contributed by atoms with E-state index < -0.39 is 0 Å². The van der Waals surface area contributed by atoms with Crippen molar-refractivity contribution in [2.75, 3.05) is 11.9 Å². The number of carbonyl (C=O) groups excluding carboxylic acids is 2. The molecule has 5 rings (SSSR count). The molecule has 0 atom stereocenters. The van der Waals surface area contributed by atoms with Gasteiger partial charge in [0.25, 0.3) is 5.91 Å². The minimum Gasteiger partial charge on any atom is -0.489 e. The molecule has 0 saturated heterocycles. The highest BCUT2D eigenvalue weighted by Crippen LogP contribution is 2.32. The number of rotatable bonds is 6. The van der Waals surface area contributed by atoms with Crippen LogP contribution in [0.3, 0.4) is 0 Å². The monoisotopic (exact) mass is 449 g/mol. The first-order chi connectivity index (χ1) is 15.9. The van der Waals surface area contributed by atoms with Gasteiger partial charge >= 0.3 is 0 Å². The van der Waals surface area contributed by atoms with Crippen molar-refractivity contribution in [3.8, 4) is 5.75 Å².